The van der Waals surface area contributed by atoms with E-state index in [1.807, 2.05) is 24.1 Å². The van der Waals surface area contributed by atoms with Crippen molar-refractivity contribution in [3.8, 4) is 0 Å². The molecule has 2 N–H and O–H groups in total. The molecule has 0 unspecified atom stereocenters. The summed E-state index contributed by atoms with van der Waals surface area (Å²) in [5.74, 6) is 0.995. The minimum atomic E-state index is 0.476. The molecule has 26 heavy (non-hydrogen) atoms. The molecule has 3 heteroatoms. The zero-order chi connectivity index (χ0) is 18.3. The third-order valence-corrected chi connectivity index (χ3v) is 5.34. The first-order valence-corrected chi connectivity index (χ1v) is 9.26. The summed E-state index contributed by atoms with van der Waals surface area (Å²) in [7, 11) is 2.00. The summed E-state index contributed by atoms with van der Waals surface area (Å²) >= 11 is 0. The van der Waals surface area contributed by atoms with Gasteiger partial charge in [-0.1, -0.05) is 50.2 Å². The molecule has 132 valence electrons. The lowest BCUT2D eigenvalue weighted by Gasteiger charge is -2.21. The topological polar surface area (TPSA) is 41.6 Å². The Morgan fingerprint density at radius 1 is 1.04 bits per heavy atom. The first kappa shape index (κ1) is 16.6. The van der Waals surface area contributed by atoms with Gasteiger partial charge in [0.25, 0.3) is 0 Å². The number of hydrogen-bond acceptors (Lipinski definition) is 1. The molecule has 0 aliphatic heterocycles. The molecule has 1 aliphatic rings. The Labute approximate surface area is 155 Å². The number of aliphatic imine (C=N–C) groups is 1. The average molecular weight is 343 g/mol. The van der Waals surface area contributed by atoms with E-state index >= 15 is 0 Å². The highest BCUT2D eigenvalue weighted by atomic mass is 15.2. The molecule has 0 heterocycles. The standard InChI is InChI=1S/C23H25N3/c1-15(2)18-8-5-9-19(14-18)25-23(24)26(3)21-13-11-17-7-4-6-16-10-12-20(21)22(16)17/h4-9,11,13-15H,10,12H2,1-3H3,(H2,24,25). The molecule has 3 aromatic carbocycles. The minimum absolute atomic E-state index is 0.476. The normalized spacial score (nSPS) is 13.6. The lowest BCUT2D eigenvalue weighted by molar-refractivity contribution is 0.867. The Kier molecular flexibility index (Phi) is 4.15. The van der Waals surface area contributed by atoms with E-state index in [-0.39, 0.29) is 0 Å². The first-order valence-electron chi connectivity index (χ1n) is 9.26. The van der Waals surface area contributed by atoms with Crippen LogP contribution in [0.4, 0.5) is 11.4 Å². The van der Waals surface area contributed by atoms with E-state index in [4.69, 9.17) is 5.73 Å². The highest BCUT2D eigenvalue weighted by Gasteiger charge is 2.20. The number of rotatable bonds is 3. The van der Waals surface area contributed by atoms with Gasteiger partial charge in [0, 0.05) is 12.7 Å². The molecule has 0 amide bonds. The van der Waals surface area contributed by atoms with Crippen molar-refractivity contribution in [2.24, 2.45) is 10.7 Å². The molecule has 0 fully saturated rings. The number of nitrogens with zero attached hydrogens (tertiary/aromatic N) is 2. The van der Waals surface area contributed by atoms with Crippen molar-refractivity contribution in [1.29, 1.82) is 0 Å². The van der Waals surface area contributed by atoms with Gasteiger partial charge < -0.3 is 10.6 Å². The molecule has 0 bridgehead atoms. The van der Waals surface area contributed by atoms with Gasteiger partial charge in [0.15, 0.2) is 0 Å². The Morgan fingerprint density at radius 3 is 2.65 bits per heavy atom. The van der Waals surface area contributed by atoms with E-state index in [9.17, 15) is 0 Å². The summed E-state index contributed by atoms with van der Waals surface area (Å²) in [6.45, 7) is 4.37. The third kappa shape index (κ3) is 2.84. The summed E-state index contributed by atoms with van der Waals surface area (Å²) in [6, 6.07) is 19.2. The maximum absolute atomic E-state index is 6.37. The summed E-state index contributed by atoms with van der Waals surface area (Å²) in [5.41, 5.74) is 12.5. The number of anilines is 1. The predicted molar refractivity (Wildman–Crippen MR) is 112 cm³/mol. The van der Waals surface area contributed by atoms with Gasteiger partial charge in [-0.15, -0.1) is 0 Å². The molecule has 1 aliphatic carbocycles. The number of hydrogen-bond donors (Lipinski definition) is 1. The van der Waals surface area contributed by atoms with Crippen molar-refractivity contribution in [3.63, 3.8) is 0 Å². The lowest BCUT2D eigenvalue weighted by atomic mass is 10.0. The molecular formula is C23H25N3. The van der Waals surface area contributed by atoms with Crippen molar-refractivity contribution in [2.45, 2.75) is 32.6 Å². The van der Waals surface area contributed by atoms with Gasteiger partial charge in [-0.25, -0.2) is 4.99 Å². The van der Waals surface area contributed by atoms with Crippen LogP contribution in [-0.4, -0.2) is 13.0 Å². The lowest BCUT2D eigenvalue weighted by Crippen LogP contribution is -2.34. The van der Waals surface area contributed by atoms with E-state index in [2.05, 4.69) is 61.3 Å². The summed E-state index contributed by atoms with van der Waals surface area (Å²) in [5, 5.41) is 2.71. The Morgan fingerprint density at radius 2 is 1.85 bits per heavy atom. The van der Waals surface area contributed by atoms with Gasteiger partial charge in [0.1, 0.15) is 0 Å². The Hall–Kier alpha value is -2.81. The molecule has 0 saturated heterocycles. The predicted octanol–water partition coefficient (Wildman–Crippen LogP) is 5.14. The highest BCUT2D eigenvalue weighted by molar-refractivity contribution is 6.02. The largest absolute Gasteiger partial charge is 0.369 e. The second kappa shape index (κ2) is 6.49. The van der Waals surface area contributed by atoms with Crippen molar-refractivity contribution in [3.05, 3.63) is 71.3 Å². The van der Waals surface area contributed by atoms with Crippen LogP contribution in [0.5, 0.6) is 0 Å². The number of benzene rings is 3. The second-order valence-corrected chi connectivity index (χ2v) is 7.36. The zero-order valence-electron chi connectivity index (χ0n) is 15.7. The quantitative estimate of drug-likeness (QED) is 0.528. The molecule has 4 rings (SSSR count). The fourth-order valence-corrected chi connectivity index (χ4v) is 3.84. The highest BCUT2D eigenvalue weighted by Crippen LogP contribution is 2.37. The summed E-state index contributed by atoms with van der Waals surface area (Å²) in [6.07, 6.45) is 2.16. The van der Waals surface area contributed by atoms with Crippen molar-refractivity contribution >= 4 is 28.1 Å². The maximum atomic E-state index is 6.37. The third-order valence-electron chi connectivity index (χ3n) is 5.34. The van der Waals surface area contributed by atoms with Gasteiger partial charge in [-0.2, -0.15) is 0 Å². The van der Waals surface area contributed by atoms with Gasteiger partial charge in [-0.05, 0) is 64.4 Å². The number of aryl methyl sites for hydroxylation is 2. The monoisotopic (exact) mass is 343 g/mol. The Balaban J connectivity index is 1.71. The van der Waals surface area contributed by atoms with Crippen LogP contribution in [0.25, 0.3) is 10.8 Å². The molecule has 0 spiro atoms. The summed E-state index contributed by atoms with van der Waals surface area (Å²) < 4.78 is 0. The van der Waals surface area contributed by atoms with Gasteiger partial charge >= 0.3 is 0 Å². The van der Waals surface area contributed by atoms with Gasteiger partial charge in [0.2, 0.25) is 5.96 Å². The molecule has 0 saturated carbocycles. The van der Waals surface area contributed by atoms with Crippen LogP contribution in [0.2, 0.25) is 0 Å². The van der Waals surface area contributed by atoms with Crippen LogP contribution in [-0.2, 0) is 12.8 Å². The van der Waals surface area contributed by atoms with E-state index in [0.717, 1.165) is 24.2 Å². The fourth-order valence-electron chi connectivity index (χ4n) is 3.84. The van der Waals surface area contributed by atoms with E-state index in [1.165, 1.54) is 27.5 Å². The van der Waals surface area contributed by atoms with Crippen LogP contribution >= 0.6 is 0 Å². The molecule has 3 nitrogen and oxygen atoms in total. The maximum Gasteiger partial charge on any atom is 0.200 e. The molecule has 3 aromatic rings. The van der Waals surface area contributed by atoms with Gasteiger partial charge in [-0.3, -0.25) is 0 Å². The number of guanidine groups is 1. The van der Waals surface area contributed by atoms with Crippen molar-refractivity contribution in [1.82, 2.24) is 0 Å². The van der Waals surface area contributed by atoms with Crippen LogP contribution < -0.4 is 10.6 Å². The molecule has 0 radical (unpaired) electrons. The van der Waals surface area contributed by atoms with Crippen LogP contribution in [0.3, 0.4) is 0 Å². The van der Waals surface area contributed by atoms with E-state index in [1.54, 1.807) is 0 Å². The molecule has 0 aromatic heterocycles. The minimum Gasteiger partial charge on any atom is -0.369 e. The number of nitrogens with two attached hydrogens (primary N) is 1. The SMILES string of the molecule is CC(C)c1cccc(N=C(N)N(C)c2ccc3cccc4c3c2CC4)c1. The van der Waals surface area contributed by atoms with E-state index in [0.29, 0.717) is 11.9 Å². The van der Waals surface area contributed by atoms with Crippen LogP contribution in [0.15, 0.2) is 59.6 Å². The molecular weight excluding hydrogens is 318 g/mol. The van der Waals surface area contributed by atoms with Crippen molar-refractivity contribution < 1.29 is 0 Å². The van der Waals surface area contributed by atoms with Crippen LogP contribution in [0, 0.1) is 0 Å². The zero-order valence-corrected chi connectivity index (χ0v) is 15.7. The van der Waals surface area contributed by atoms with E-state index < -0.39 is 0 Å². The Bertz CT molecular complexity index is 1000. The second-order valence-electron chi connectivity index (χ2n) is 7.36. The smallest absolute Gasteiger partial charge is 0.200 e. The molecule has 0 atom stereocenters. The van der Waals surface area contributed by atoms with Crippen LogP contribution in [0.1, 0.15) is 36.5 Å². The first-order chi connectivity index (χ1) is 12.5. The average Bonchev–Trinajstić information content (AvgIpc) is 3.08. The fraction of sp³-hybridized carbons (Fsp3) is 0.261. The van der Waals surface area contributed by atoms with Gasteiger partial charge in [0.05, 0.1) is 5.69 Å². The summed E-state index contributed by atoms with van der Waals surface area (Å²) in [4.78, 5) is 6.68. The van der Waals surface area contributed by atoms with Crippen molar-refractivity contribution in [2.75, 3.05) is 11.9 Å².